The van der Waals surface area contributed by atoms with Crippen LogP contribution in [-0.4, -0.2) is 22.6 Å². The van der Waals surface area contributed by atoms with E-state index in [1.165, 1.54) is 6.20 Å². The highest BCUT2D eigenvalue weighted by atomic mass is 16.5. The molecule has 2 heterocycles. The van der Waals surface area contributed by atoms with E-state index in [-0.39, 0.29) is 5.91 Å². The van der Waals surface area contributed by atoms with Gasteiger partial charge in [-0.3, -0.25) is 4.79 Å². The van der Waals surface area contributed by atoms with Crippen LogP contribution in [0.25, 0.3) is 0 Å². The van der Waals surface area contributed by atoms with Crippen LogP contribution in [0.1, 0.15) is 29.5 Å². The number of hydrogen-bond acceptors (Lipinski definition) is 5. The van der Waals surface area contributed by atoms with Gasteiger partial charge in [0.15, 0.2) is 5.82 Å². The third-order valence-corrected chi connectivity index (χ3v) is 2.45. The predicted octanol–water partition coefficient (Wildman–Crippen LogP) is 2.45. The summed E-state index contributed by atoms with van der Waals surface area (Å²) in [6.07, 6.45) is 2.55. The van der Waals surface area contributed by atoms with E-state index >= 15 is 0 Å². The van der Waals surface area contributed by atoms with E-state index in [1.807, 2.05) is 0 Å². The van der Waals surface area contributed by atoms with Crippen molar-refractivity contribution in [2.45, 2.75) is 20.3 Å². The van der Waals surface area contributed by atoms with Gasteiger partial charge in [-0.2, -0.15) is 0 Å². The van der Waals surface area contributed by atoms with Gasteiger partial charge in [0.05, 0.1) is 5.56 Å². The number of carbonyl (C=O) groups is 1. The van der Waals surface area contributed by atoms with Crippen molar-refractivity contribution in [3.63, 3.8) is 0 Å². The molecule has 0 aliphatic heterocycles. The summed E-state index contributed by atoms with van der Waals surface area (Å²) < 4.78 is 4.87. The summed E-state index contributed by atoms with van der Waals surface area (Å²) in [6, 6.07) is 5.15. The van der Waals surface area contributed by atoms with Crippen LogP contribution in [-0.2, 0) is 0 Å². The van der Waals surface area contributed by atoms with Crippen molar-refractivity contribution in [1.82, 2.24) is 10.1 Å². The molecular formula is C13H16N4O2. The standard InChI is InChI=1S/C13H16N4O2/c1-3-6-14-11-5-4-10(8-15-11)13(18)16-12-7-9(2)19-17-12/h4-5,7-8H,3,6H2,1-2H3,(H,14,15)(H,16,17,18). The number of nitrogens with zero attached hydrogens (tertiary/aromatic N) is 2. The zero-order chi connectivity index (χ0) is 13.7. The maximum Gasteiger partial charge on any atom is 0.258 e. The number of carbonyl (C=O) groups excluding carboxylic acids is 1. The van der Waals surface area contributed by atoms with Crippen LogP contribution in [0, 0.1) is 6.92 Å². The van der Waals surface area contributed by atoms with Crippen LogP contribution < -0.4 is 10.6 Å². The molecule has 100 valence electrons. The molecule has 0 fully saturated rings. The quantitative estimate of drug-likeness (QED) is 0.863. The number of aryl methyl sites for hydroxylation is 1. The number of anilines is 2. The Balaban J connectivity index is 1.99. The smallest absolute Gasteiger partial charge is 0.258 e. The first-order valence-corrected chi connectivity index (χ1v) is 6.13. The summed E-state index contributed by atoms with van der Waals surface area (Å²) in [5, 5.41) is 9.48. The zero-order valence-corrected chi connectivity index (χ0v) is 10.9. The minimum atomic E-state index is -0.261. The lowest BCUT2D eigenvalue weighted by Crippen LogP contribution is -2.12. The Bertz CT molecular complexity index is 548. The average molecular weight is 260 g/mol. The van der Waals surface area contributed by atoms with Crippen molar-refractivity contribution >= 4 is 17.5 Å². The lowest BCUT2D eigenvalue weighted by molar-refractivity contribution is 0.102. The van der Waals surface area contributed by atoms with E-state index in [0.29, 0.717) is 17.1 Å². The Morgan fingerprint density at radius 3 is 2.79 bits per heavy atom. The second-order valence-electron chi connectivity index (χ2n) is 4.14. The highest BCUT2D eigenvalue weighted by Gasteiger charge is 2.09. The van der Waals surface area contributed by atoms with Gasteiger partial charge in [0.25, 0.3) is 5.91 Å². The molecule has 2 aromatic heterocycles. The molecule has 0 aromatic carbocycles. The largest absolute Gasteiger partial charge is 0.370 e. The SMILES string of the molecule is CCCNc1ccc(C(=O)Nc2cc(C)on2)cn1. The van der Waals surface area contributed by atoms with Gasteiger partial charge in [0, 0.05) is 18.8 Å². The van der Waals surface area contributed by atoms with Gasteiger partial charge in [-0.05, 0) is 25.5 Å². The summed E-state index contributed by atoms with van der Waals surface area (Å²) in [7, 11) is 0. The second-order valence-corrected chi connectivity index (χ2v) is 4.14. The molecule has 0 bridgehead atoms. The molecule has 0 saturated carbocycles. The Morgan fingerprint density at radius 1 is 1.37 bits per heavy atom. The molecule has 0 aliphatic rings. The van der Waals surface area contributed by atoms with E-state index in [9.17, 15) is 4.79 Å². The molecule has 0 radical (unpaired) electrons. The highest BCUT2D eigenvalue weighted by molar-refractivity contribution is 6.03. The van der Waals surface area contributed by atoms with E-state index < -0.39 is 0 Å². The summed E-state index contributed by atoms with van der Waals surface area (Å²) >= 11 is 0. The third kappa shape index (κ3) is 3.54. The summed E-state index contributed by atoms with van der Waals surface area (Å²) in [6.45, 7) is 4.70. The molecule has 0 unspecified atom stereocenters. The topological polar surface area (TPSA) is 80.0 Å². The van der Waals surface area contributed by atoms with Crippen LogP contribution in [0.2, 0.25) is 0 Å². The number of hydrogen-bond donors (Lipinski definition) is 2. The summed E-state index contributed by atoms with van der Waals surface area (Å²) in [4.78, 5) is 16.1. The Kier molecular flexibility index (Phi) is 4.12. The van der Waals surface area contributed by atoms with Gasteiger partial charge in [0.2, 0.25) is 0 Å². The molecule has 0 aliphatic carbocycles. The van der Waals surface area contributed by atoms with E-state index in [4.69, 9.17) is 4.52 Å². The minimum Gasteiger partial charge on any atom is -0.370 e. The molecule has 2 rings (SSSR count). The van der Waals surface area contributed by atoms with Gasteiger partial charge < -0.3 is 15.2 Å². The molecule has 0 saturated heterocycles. The Hall–Kier alpha value is -2.37. The van der Waals surface area contributed by atoms with Crippen LogP contribution in [0.5, 0.6) is 0 Å². The van der Waals surface area contributed by atoms with Gasteiger partial charge >= 0.3 is 0 Å². The molecule has 2 aromatic rings. The normalized spacial score (nSPS) is 10.2. The molecular weight excluding hydrogens is 244 g/mol. The number of pyridine rings is 1. The second kappa shape index (κ2) is 5.99. The van der Waals surface area contributed by atoms with E-state index in [1.54, 1.807) is 25.1 Å². The molecule has 6 nitrogen and oxygen atoms in total. The fourth-order valence-corrected chi connectivity index (χ4v) is 1.50. The van der Waals surface area contributed by atoms with Crippen molar-refractivity contribution in [2.24, 2.45) is 0 Å². The first kappa shape index (κ1) is 13.1. The fourth-order valence-electron chi connectivity index (χ4n) is 1.50. The zero-order valence-electron chi connectivity index (χ0n) is 10.9. The maximum atomic E-state index is 11.9. The summed E-state index contributed by atoms with van der Waals surface area (Å²) in [5.74, 6) is 1.54. The first-order valence-electron chi connectivity index (χ1n) is 6.13. The van der Waals surface area contributed by atoms with Crippen LogP contribution in [0.4, 0.5) is 11.6 Å². The highest BCUT2D eigenvalue weighted by Crippen LogP contribution is 2.10. The van der Waals surface area contributed by atoms with Gasteiger partial charge in [0.1, 0.15) is 11.6 Å². The predicted molar refractivity (Wildman–Crippen MR) is 72.2 cm³/mol. The van der Waals surface area contributed by atoms with E-state index in [2.05, 4.69) is 27.7 Å². The third-order valence-electron chi connectivity index (χ3n) is 2.45. The van der Waals surface area contributed by atoms with Crippen molar-refractivity contribution in [3.05, 3.63) is 35.7 Å². The van der Waals surface area contributed by atoms with Crippen molar-refractivity contribution in [3.8, 4) is 0 Å². The number of rotatable bonds is 5. The van der Waals surface area contributed by atoms with Crippen LogP contribution in [0.3, 0.4) is 0 Å². The fraction of sp³-hybridized carbons (Fsp3) is 0.308. The lowest BCUT2D eigenvalue weighted by Gasteiger charge is -2.04. The van der Waals surface area contributed by atoms with Gasteiger partial charge in [-0.1, -0.05) is 12.1 Å². The number of aromatic nitrogens is 2. The molecule has 6 heteroatoms. The monoisotopic (exact) mass is 260 g/mol. The maximum absolute atomic E-state index is 11.9. The first-order chi connectivity index (χ1) is 9.19. The lowest BCUT2D eigenvalue weighted by atomic mass is 10.2. The number of nitrogens with one attached hydrogen (secondary N) is 2. The molecule has 1 amide bonds. The van der Waals surface area contributed by atoms with Crippen LogP contribution in [0.15, 0.2) is 28.9 Å². The van der Waals surface area contributed by atoms with Gasteiger partial charge in [-0.15, -0.1) is 0 Å². The minimum absolute atomic E-state index is 0.261. The van der Waals surface area contributed by atoms with Crippen molar-refractivity contribution in [2.75, 3.05) is 17.2 Å². The number of amides is 1. The molecule has 0 spiro atoms. The van der Waals surface area contributed by atoms with Crippen LogP contribution >= 0.6 is 0 Å². The Labute approximate surface area is 111 Å². The van der Waals surface area contributed by atoms with Gasteiger partial charge in [-0.25, -0.2) is 4.98 Å². The van der Waals surface area contributed by atoms with E-state index in [0.717, 1.165) is 18.8 Å². The van der Waals surface area contributed by atoms with Crippen molar-refractivity contribution < 1.29 is 9.32 Å². The summed E-state index contributed by atoms with van der Waals surface area (Å²) in [5.41, 5.74) is 0.475. The molecule has 19 heavy (non-hydrogen) atoms. The molecule has 2 N–H and O–H groups in total. The molecule has 0 atom stereocenters. The van der Waals surface area contributed by atoms with Crippen molar-refractivity contribution in [1.29, 1.82) is 0 Å². The average Bonchev–Trinajstić information content (AvgIpc) is 2.82. The Morgan fingerprint density at radius 2 is 2.21 bits per heavy atom.